The molecule has 6 heteroatoms. The highest BCUT2D eigenvalue weighted by Crippen LogP contribution is 2.29. The lowest BCUT2D eigenvalue weighted by molar-refractivity contribution is -0.119. The topological polar surface area (TPSA) is 60.9 Å². The molecular weight excluding hydrogens is 377 g/mol. The summed E-state index contributed by atoms with van der Waals surface area (Å²) >= 11 is 8.23. The number of fused-ring (bicyclic) bond motifs is 1. The number of aromatic nitrogens is 2. The molecular formula is C13H15ClIN3O. The zero-order chi connectivity index (χ0) is 14.2. The maximum atomic E-state index is 11.3. The van der Waals surface area contributed by atoms with Gasteiger partial charge < -0.3 is 10.3 Å². The number of nitrogens with two attached hydrogens (primary N) is 1. The van der Waals surface area contributed by atoms with E-state index < -0.39 is 5.54 Å². The number of amides is 1. The molecule has 1 aromatic heterocycles. The molecule has 2 aromatic rings. The number of imidazole rings is 1. The Morgan fingerprint density at radius 2 is 2.21 bits per heavy atom. The first kappa shape index (κ1) is 14.6. The summed E-state index contributed by atoms with van der Waals surface area (Å²) in [6.45, 7) is 3.93. The normalized spacial score (nSPS) is 12.0. The van der Waals surface area contributed by atoms with Crippen LogP contribution in [0.2, 0.25) is 0 Å². The molecule has 0 fully saturated rings. The number of halogens is 2. The van der Waals surface area contributed by atoms with E-state index in [-0.39, 0.29) is 12.3 Å². The SMILES string of the molecule is CC(C)(CC(N)=O)n1c(CCl)nc2cc(I)ccc21. The Labute approximate surface area is 130 Å². The monoisotopic (exact) mass is 391 g/mol. The van der Waals surface area contributed by atoms with Gasteiger partial charge in [0.2, 0.25) is 5.91 Å². The van der Waals surface area contributed by atoms with E-state index in [1.165, 1.54) is 0 Å². The second-order valence-electron chi connectivity index (χ2n) is 5.09. The van der Waals surface area contributed by atoms with Gasteiger partial charge in [-0.25, -0.2) is 4.98 Å². The number of carbonyl (C=O) groups excluding carboxylic acids is 1. The first-order valence-corrected chi connectivity index (χ1v) is 7.48. The van der Waals surface area contributed by atoms with E-state index in [1.54, 1.807) is 0 Å². The summed E-state index contributed by atoms with van der Waals surface area (Å²) in [4.78, 5) is 15.8. The molecule has 2 N–H and O–H groups in total. The van der Waals surface area contributed by atoms with Gasteiger partial charge in [0.25, 0.3) is 0 Å². The van der Waals surface area contributed by atoms with Crippen molar-refractivity contribution in [2.24, 2.45) is 5.73 Å². The lowest BCUT2D eigenvalue weighted by Crippen LogP contribution is -2.33. The van der Waals surface area contributed by atoms with Gasteiger partial charge in [0.05, 0.1) is 16.9 Å². The quantitative estimate of drug-likeness (QED) is 0.643. The molecule has 1 aromatic carbocycles. The molecule has 0 aliphatic carbocycles. The molecule has 0 aliphatic heterocycles. The van der Waals surface area contributed by atoms with E-state index in [0.29, 0.717) is 5.88 Å². The predicted molar refractivity (Wildman–Crippen MR) is 85.1 cm³/mol. The second-order valence-corrected chi connectivity index (χ2v) is 6.60. The van der Waals surface area contributed by atoms with Gasteiger partial charge in [-0.1, -0.05) is 0 Å². The first-order valence-electron chi connectivity index (χ1n) is 5.87. The number of benzene rings is 1. The van der Waals surface area contributed by atoms with E-state index in [1.807, 2.05) is 36.6 Å². The van der Waals surface area contributed by atoms with Crippen molar-refractivity contribution in [3.63, 3.8) is 0 Å². The molecule has 1 amide bonds. The fourth-order valence-electron chi connectivity index (χ4n) is 2.37. The van der Waals surface area contributed by atoms with Gasteiger partial charge in [0, 0.05) is 15.5 Å². The van der Waals surface area contributed by atoms with Crippen molar-refractivity contribution in [2.75, 3.05) is 0 Å². The number of rotatable bonds is 4. The van der Waals surface area contributed by atoms with Gasteiger partial charge in [-0.15, -0.1) is 11.6 Å². The number of nitrogens with zero attached hydrogens (tertiary/aromatic N) is 2. The summed E-state index contributed by atoms with van der Waals surface area (Å²) in [6, 6.07) is 6.02. The Morgan fingerprint density at radius 3 is 2.79 bits per heavy atom. The third-order valence-electron chi connectivity index (χ3n) is 3.02. The molecule has 1 heterocycles. The van der Waals surface area contributed by atoms with E-state index >= 15 is 0 Å². The zero-order valence-corrected chi connectivity index (χ0v) is 13.7. The molecule has 0 unspecified atom stereocenters. The highest BCUT2D eigenvalue weighted by molar-refractivity contribution is 14.1. The van der Waals surface area contributed by atoms with Crippen LogP contribution >= 0.6 is 34.2 Å². The number of hydrogen-bond donors (Lipinski definition) is 1. The molecule has 0 atom stereocenters. The van der Waals surface area contributed by atoms with Crippen LogP contribution in [-0.2, 0) is 16.2 Å². The van der Waals surface area contributed by atoms with Crippen molar-refractivity contribution in [3.05, 3.63) is 27.6 Å². The highest BCUT2D eigenvalue weighted by atomic mass is 127. The molecule has 0 bridgehead atoms. The maximum absolute atomic E-state index is 11.3. The van der Waals surface area contributed by atoms with Gasteiger partial charge in [0.1, 0.15) is 5.82 Å². The minimum Gasteiger partial charge on any atom is -0.370 e. The van der Waals surface area contributed by atoms with Crippen LogP contribution in [-0.4, -0.2) is 15.5 Å². The summed E-state index contributed by atoms with van der Waals surface area (Å²) in [5.74, 6) is 0.718. The molecule has 102 valence electrons. The minimum absolute atomic E-state index is 0.244. The number of carbonyl (C=O) groups is 1. The van der Waals surface area contributed by atoms with Crippen LogP contribution in [0.25, 0.3) is 11.0 Å². The van der Waals surface area contributed by atoms with Gasteiger partial charge in [-0.2, -0.15) is 0 Å². The number of alkyl halides is 1. The summed E-state index contributed by atoms with van der Waals surface area (Å²) in [5, 5.41) is 0. The van der Waals surface area contributed by atoms with Gasteiger partial charge in [-0.05, 0) is 54.6 Å². The van der Waals surface area contributed by atoms with Crippen LogP contribution < -0.4 is 5.73 Å². The summed E-state index contributed by atoms with van der Waals surface area (Å²) in [7, 11) is 0. The number of hydrogen-bond acceptors (Lipinski definition) is 2. The third kappa shape index (κ3) is 2.86. The van der Waals surface area contributed by atoms with E-state index in [9.17, 15) is 4.79 Å². The van der Waals surface area contributed by atoms with Crippen LogP contribution in [0.1, 0.15) is 26.1 Å². The lowest BCUT2D eigenvalue weighted by Gasteiger charge is -2.27. The lowest BCUT2D eigenvalue weighted by atomic mass is 9.99. The molecule has 4 nitrogen and oxygen atoms in total. The van der Waals surface area contributed by atoms with Crippen LogP contribution in [0.4, 0.5) is 0 Å². The Bertz CT molecular complexity index is 636. The second kappa shape index (κ2) is 5.28. The zero-order valence-electron chi connectivity index (χ0n) is 10.8. The Balaban J connectivity index is 2.66. The van der Waals surface area contributed by atoms with Crippen molar-refractivity contribution in [1.82, 2.24) is 9.55 Å². The van der Waals surface area contributed by atoms with Gasteiger partial charge in [0.15, 0.2) is 0 Å². The average Bonchev–Trinajstić information content (AvgIpc) is 2.65. The molecule has 0 radical (unpaired) electrons. The molecule has 0 saturated heterocycles. The van der Waals surface area contributed by atoms with Gasteiger partial charge >= 0.3 is 0 Å². The molecule has 2 rings (SSSR count). The van der Waals surface area contributed by atoms with Crippen molar-refractivity contribution < 1.29 is 4.79 Å². The molecule has 0 saturated carbocycles. The molecule has 19 heavy (non-hydrogen) atoms. The minimum atomic E-state index is -0.447. The molecule has 0 spiro atoms. The van der Waals surface area contributed by atoms with Crippen molar-refractivity contribution >= 4 is 51.1 Å². The summed E-state index contributed by atoms with van der Waals surface area (Å²) in [5.41, 5.74) is 6.75. The summed E-state index contributed by atoms with van der Waals surface area (Å²) in [6.07, 6.45) is 0.244. The largest absolute Gasteiger partial charge is 0.370 e. The van der Waals surface area contributed by atoms with Crippen LogP contribution in [0, 0.1) is 3.57 Å². The predicted octanol–water partition coefficient (Wildman–Crippen LogP) is 2.99. The Morgan fingerprint density at radius 1 is 1.53 bits per heavy atom. The van der Waals surface area contributed by atoms with E-state index in [0.717, 1.165) is 20.4 Å². The standard InChI is InChI=1S/C13H15ClIN3O/c1-13(2,6-11(16)19)18-10-4-3-8(15)5-9(10)17-12(18)7-14/h3-5H,6-7H2,1-2H3,(H2,16,19). The van der Waals surface area contributed by atoms with Crippen molar-refractivity contribution in [1.29, 1.82) is 0 Å². The van der Waals surface area contributed by atoms with Crippen LogP contribution in [0.5, 0.6) is 0 Å². The Kier molecular flexibility index (Phi) is 4.06. The smallest absolute Gasteiger partial charge is 0.219 e. The fraction of sp³-hybridized carbons (Fsp3) is 0.385. The average molecular weight is 392 g/mol. The maximum Gasteiger partial charge on any atom is 0.219 e. The van der Waals surface area contributed by atoms with Crippen LogP contribution in [0.3, 0.4) is 0 Å². The Hall–Kier alpha value is -0.820. The first-order chi connectivity index (χ1) is 8.85. The van der Waals surface area contributed by atoms with Crippen molar-refractivity contribution in [2.45, 2.75) is 31.7 Å². The molecule has 0 aliphatic rings. The van der Waals surface area contributed by atoms with Crippen LogP contribution in [0.15, 0.2) is 18.2 Å². The van der Waals surface area contributed by atoms with Gasteiger partial charge in [-0.3, -0.25) is 4.79 Å². The summed E-state index contributed by atoms with van der Waals surface area (Å²) < 4.78 is 3.12. The van der Waals surface area contributed by atoms with Crippen molar-refractivity contribution in [3.8, 4) is 0 Å². The van der Waals surface area contributed by atoms with E-state index in [2.05, 4.69) is 27.6 Å². The number of primary amides is 1. The fourth-order valence-corrected chi connectivity index (χ4v) is 3.03. The van der Waals surface area contributed by atoms with E-state index in [4.69, 9.17) is 17.3 Å². The highest BCUT2D eigenvalue weighted by Gasteiger charge is 2.27. The third-order valence-corrected chi connectivity index (χ3v) is 3.93.